The molecule has 0 rings (SSSR count). The minimum atomic E-state index is -0.777. The molecule has 0 unspecified atom stereocenters. The molecule has 1 atom stereocenters. The lowest BCUT2D eigenvalue weighted by Gasteiger charge is -2.18. The van der Waals surface area contributed by atoms with Crippen molar-refractivity contribution in [2.75, 3.05) is 13.2 Å². The molecule has 362 valence electrons. The van der Waals surface area contributed by atoms with Crippen LogP contribution in [0.3, 0.4) is 0 Å². The first-order chi connectivity index (χ1) is 30.5. The number of esters is 3. The standard InChI is InChI=1S/C56H102O6/c1-4-7-10-13-16-19-22-25-28-31-34-37-40-43-46-49-55(58)61-52-53(51-60-54(57)48-45-42-39-36-33-30-27-24-21-18-15-12-9-6-3)62-56(59)50-47-44-41-38-35-32-29-26-23-20-17-14-11-8-5-2/h19-20,22-24,27,53H,4-18,21,25-26,28-52H2,1-3H3/b22-19+,23-20+,27-24+/t53-/m1/s1. The Morgan fingerprint density at radius 1 is 0.306 bits per heavy atom. The average Bonchev–Trinajstić information content (AvgIpc) is 3.27. The summed E-state index contributed by atoms with van der Waals surface area (Å²) in [6.07, 6.45) is 59.8. The summed E-state index contributed by atoms with van der Waals surface area (Å²) in [5.74, 6) is -0.883. The molecule has 0 aliphatic rings. The zero-order valence-electron chi connectivity index (χ0n) is 41.4. The van der Waals surface area contributed by atoms with Crippen molar-refractivity contribution < 1.29 is 28.6 Å². The van der Waals surface area contributed by atoms with Gasteiger partial charge in [0.05, 0.1) is 0 Å². The Morgan fingerprint density at radius 2 is 0.532 bits per heavy atom. The molecule has 0 aliphatic heterocycles. The monoisotopic (exact) mass is 871 g/mol. The van der Waals surface area contributed by atoms with Gasteiger partial charge in [-0.2, -0.15) is 0 Å². The molecular weight excluding hydrogens is 769 g/mol. The van der Waals surface area contributed by atoms with Crippen LogP contribution in [0, 0.1) is 0 Å². The summed E-state index contributed by atoms with van der Waals surface area (Å²) < 4.78 is 16.8. The lowest BCUT2D eigenvalue weighted by molar-refractivity contribution is -0.167. The number of unbranched alkanes of at least 4 members (excludes halogenated alkanes) is 32. The molecule has 0 saturated carbocycles. The zero-order chi connectivity index (χ0) is 45.1. The van der Waals surface area contributed by atoms with Gasteiger partial charge in [-0.15, -0.1) is 0 Å². The fourth-order valence-corrected chi connectivity index (χ4v) is 7.72. The topological polar surface area (TPSA) is 78.9 Å². The molecule has 0 radical (unpaired) electrons. The molecule has 0 N–H and O–H groups in total. The maximum atomic E-state index is 12.8. The highest BCUT2D eigenvalue weighted by molar-refractivity contribution is 5.71. The van der Waals surface area contributed by atoms with E-state index in [4.69, 9.17) is 14.2 Å². The first-order valence-electron chi connectivity index (χ1n) is 27.0. The SMILES string of the molecule is CCCCCC/C=C/CCCCCCCCCC(=O)OC[C@@H](COC(=O)CCCCCCC/C=C/CCCCCCC)OC(=O)CCCCCCCCC/C=C/CCCCCC. The smallest absolute Gasteiger partial charge is 0.306 e. The van der Waals surface area contributed by atoms with Crippen molar-refractivity contribution in [3.8, 4) is 0 Å². The van der Waals surface area contributed by atoms with Gasteiger partial charge < -0.3 is 14.2 Å². The highest BCUT2D eigenvalue weighted by Gasteiger charge is 2.19. The lowest BCUT2D eigenvalue weighted by atomic mass is 10.1. The van der Waals surface area contributed by atoms with Crippen LogP contribution >= 0.6 is 0 Å². The summed E-state index contributed by atoms with van der Waals surface area (Å²) in [4.78, 5) is 38.0. The largest absolute Gasteiger partial charge is 0.462 e. The second-order valence-electron chi connectivity index (χ2n) is 18.1. The summed E-state index contributed by atoms with van der Waals surface area (Å²) in [7, 11) is 0. The van der Waals surface area contributed by atoms with E-state index in [-0.39, 0.29) is 31.1 Å². The van der Waals surface area contributed by atoms with Crippen LogP contribution in [0.1, 0.15) is 284 Å². The first kappa shape index (κ1) is 59.6. The predicted octanol–water partition coefficient (Wildman–Crippen LogP) is 17.7. The summed E-state index contributed by atoms with van der Waals surface area (Å²) in [6.45, 7) is 6.61. The maximum absolute atomic E-state index is 12.8. The third-order valence-corrected chi connectivity index (χ3v) is 11.8. The fourth-order valence-electron chi connectivity index (χ4n) is 7.72. The minimum Gasteiger partial charge on any atom is -0.462 e. The van der Waals surface area contributed by atoms with Crippen molar-refractivity contribution in [1.82, 2.24) is 0 Å². The predicted molar refractivity (Wildman–Crippen MR) is 266 cm³/mol. The van der Waals surface area contributed by atoms with Gasteiger partial charge in [-0.1, -0.05) is 205 Å². The molecule has 0 aromatic carbocycles. The van der Waals surface area contributed by atoms with Crippen molar-refractivity contribution in [1.29, 1.82) is 0 Å². The Hall–Kier alpha value is -2.37. The number of ether oxygens (including phenoxy) is 3. The molecule has 0 aliphatic carbocycles. The minimum absolute atomic E-state index is 0.0770. The molecule has 0 spiro atoms. The van der Waals surface area contributed by atoms with Crippen molar-refractivity contribution >= 4 is 17.9 Å². The van der Waals surface area contributed by atoms with Gasteiger partial charge in [0.15, 0.2) is 6.10 Å². The molecule has 0 aromatic rings. The zero-order valence-corrected chi connectivity index (χ0v) is 41.4. The van der Waals surface area contributed by atoms with Crippen LogP contribution in [0.25, 0.3) is 0 Å². The van der Waals surface area contributed by atoms with Crippen LogP contribution in [0.2, 0.25) is 0 Å². The van der Waals surface area contributed by atoms with Crippen LogP contribution in [0.4, 0.5) is 0 Å². The average molecular weight is 871 g/mol. The normalized spacial score (nSPS) is 12.2. The Labute approximate surface area is 385 Å². The molecule has 62 heavy (non-hydrogen) atoms. The summed E-state index contributed by atoms with van der Waals surface area (Å²) >= 11 is 0. The van der Waals surface area contributed by atoms with Gasteiger partial charge in [-0.05, 0) is 96.3 Å². The summed E-state index contributed by atoms with van der Waals surface area (Å²) in [6, 6.07) is 0. The molecular formula is C56H102O6. The first-order valence-corrected chi connectivity index (χ1v) is 27.0. The van der Waals surface area contributed by atoms with Gasteiger partial charge in [0, 0.05) is 19.3 Å². The second kappa shape index (κ2) is 51.3. The van der Waals surface area contributed by atoms with E-state index in [0.717, 1.165) is 64.2 Å². The van der Waals surface area contributed by atoms with Crippen molar-refractivity contribution in [2.45, 2.75) is 290 Å². The van der Waals surface area contributed by atoms with E-state index in [1.54, 1.807) is 0 Å². The number of hydrogen-bond acceptors (Lipinski definition) is 6. The van der Waals surface area contributed by atoms with Crippen LogP contribution in [0.5, 0.6) is 0 Å². The molecule has 6 nitrogen and oxygen atoms in total. The van der Waals surface area contributed by atoms with Crippen LogP contribution in [-0.2, 0) is 28.6 Å². The number of hydrogen-bond donors (Lipinski definition) is 0. The quantitative estimate of drug-likeness (QED) is 0.0262. The van der Waals surface area contributed by atoms with Gasteiger partial charge in [0.25, 0.3) is 0 Å². The van der Waals surface area contributed by atoms with E-state index in [1.807, 2.05) is 0 Å². The third kappa shape index (κ3) is 48.7. The molecule has 0 bridgehead atoms. The van der Waals surface area contributed by atoms with Crippen LogP contribution < -0.4 is 0 Å². The lowest BCUT2D eigenvalue weighted by Crippen LogP contribution is -2.30. The van der Waals surface area contributed by atoms with E-state index < -0.39 is 6.10 Å². The molecule has 0 saturated heterocycles. The van der Waals surface area contributed by atoms with E-state index in [2.05, 4.69) is 57.2 Å². The van der Waals surface area contributed by atoms with Crippen LogP contribution in [0.15, 0.2) is 36.5 Å². The number of allylic oxidation sites excluding steroid dienone is 6. The third-order valence-electron chi connectivity index (χ3n) is 11.8. The van der Waals surface area contributed by atoms with Gasteiger partial charge >= 0.3 is 17.9 Å². The molecule has 0 heterocycles. The van der Waals surface area contributed by atoms with Crippen LogP contribution in [-0.4, -0.2) is 37.2 Å². The number of carbonyl (C=O) groups excluding carboxylic acids is 3. The van der Waals surface area contributed by atoms with Gasteiger partial charge in [0.1, 0.15) is 13.2 Å². The fraction of sp³-hybridized carbons (Fsp3) is 0.839. The molecule has 0 aromatic heterocycles. The number of carbonyl (C=O) groups is 3. The highest BCUT2D eigenvalue weighted by atomic mass is 16.6. The Balaban J connectivity index is 4.38. The highest BCUT2D eigenvalue weighted by Crippen LogP contribution is 2.15. The van der Waals surface area contributed by atoms with Gasteiger partial charge in [-0.25, -0.2) is 0 Å². The summed E-state index contributed by atoms with van der Waals surface area (Å²) in [5.41, 5.74) is 0. The van der Waals surface area contributed by atoms with E-state index >= 15 is 0 Å². The van der Waals surface area contributed by atoms with E-state index in [1.165, 1.54) is 180 Å². The van der Waals surface area contributed by atoms with Crippen molar-refractivity contribution in [3.05, 3.63) is 36.5 Å². The van der Waals surface area contributed by atoms with Crippen molar-refractivity contribution in [3.63, 3.8) is 0 Å². The summed E-state index contributed by atoms with van der Waals surface area (Å²) in [5, 5.41) is 0. The van der Waals surface area contributed by atoms with Gasteiger partial charge in [0.2, 0.25) is 0 Å². The van der Waals surface area contributed by atoms with Crippen molar-refractivity contribution in [2.24, 2.45) is 0 Å². The maximum Gasteiger partial charge on any atom is 0.306 e. The Bertz CT molecular complexity index is 1050. The van der Waals surface area contributed by atoms with E-state index in [0.29, 0.717) is 19.3 Å². The molecule has 6 heteroatoms. The second-order valence-corrected chi connectivity index (χ2v) is 18.1. The van der Waals surface area contributed by atoms with Gasteiger partial charge in [-0.3, -0.25) is 14.4 Å². The molecule has 0 amide bonds. The Kier molecular flexibility index (Phi) is 49.3. The number of rotatable bonds is 49. The van der Waals surface area contributed by atoms with E-state index in [9.17, 15) is 14.4 Å². The molecule has 0 fully saturated rings. The Morgan fingerprint density at radius 3 is 0.823 bits per heavy atom.